The number of nitrogens with zero attached hydrogens (tertiary/aromatic N) is 3. The summed E-state index contributed by atoms with van der Waals surface area (Å²) in [7, 11) is 0. The second kappa shape index (κ2) is 10.0. The van der Waals surface area contributed by atoms with Crippen LogP contribution in [0.5, 0.6) is 5.75 Å². The summed E-state index contributed by atoms with van der Waals surface area (Å²) in [4.78, 5) is 44.5. The fourth-order valence-corrected chi connectivity index (χ4v) is 3.71. The average molecular weight is 462 g/mol. The van der Waals surface area contributed by atoms with Gasteiger partial charge in [-0.25, -0.2) is 9.78 Å². The van der Waals surface area contributed by atoms with E-state index in [4.69, 9.17) is 11.6 Å². The van der Waals surface area contributed by atoms with Crippen LogP contribution in [-0.2, 0) is 24.3 Å². The number of rotatable bonds is 9. The van der Waals surface area contributed by atoms with Crippen LogP contribution in [-0.4, -0.2) is 30.1 Å². The lowest BCUT2D eigenvalue weighted by Gasteiger charge is -2.12. The van der Waals surface area contributed by atoms with Gasteiger partial charge in [-0.3, -0.25) is 19.1 Å². The summed E-state index contributed by atoms with van der Waals surface area (Å²) in [5.74, 6) is 0.364. The van der Waals surface area contributed by atoms with Gasteiger partial charge in [0.1, 0.15) is 11.6 Å². The van der Waals surface area contributed by atoms with Crippen LogP contribution in [0, 0.1) is 5.92 Å². The Labute approximate surface area is 190 Å². The number of carbonyl (C=O) groups is 1. The lowest BCUT2D eigenvalue weighted by molar-refractivity contribution is -0.116. The van der Waals surface area contributed by atoms with Crippen molar-refractivity contribution in [3.8, 4) is 5.75 Å². The number of amides is 1. The third-order valence-corrected chi connectivity index (χ3v) is 5.29. The summed E-state index contributed by atoms with van der Waals surface area (Å²) in [6.07, 6.45) is 2.00. The number of nitrogens with one attached hydrogen (secondary N) is 2. The number of benzene rings is 1. The van der Waals surface area contributed by atoms with Crippen molar-refractivity contribution in [1.82, 2.24) is 19.1 Å². The smallest absolute Gasteiger partial charge is 0.330 e. The Morgan fingerprint density at radius 3 is 2.72 bits per heavy atom. The Hall–Kier alpha value is -3.07. The summed E-state index contributed by atoms with van der Waals surface area (Å²) >= 11 is 5.93. The van der Waals surface area contributed by atoms with E-state index in [1.807, 2.05) is 20.8 Å². The third-order valence-electron chi connectivity index (χ3n) is 5.06. The average Bonchev–Trinajstić information content (AvgIpc) is 3.07. The maximum absolute atomic E-state index is 12.6. The van der Waals surface area contributed by atoms with E-state index in [9.17, 15) is 19.5 Å². The van der Waals surface area contributed by atoms with Gasteiger partial charge in [-0.05, 0) is 30.5 Å². The number of H-pyrrole nitrogens is 1. The van der Waals surface area contributed by atoms with E-state index >= 15 is 0 Å². The number of fused-ring (bicyclic) bond motifs is 1. The first-order valence-electron chi connectivity index (χ1n) is 10.7. The van der Waals surface area contributed by atoms with Crippen molar-refractivity contribution in [2.24, 2.45) is 5.92 Å². The van der Waals surface area contributed by atoms with E-state index in [0.717, 1.165) is 12.8 Å². The van der Waals surface area contributed by atoms with Crippen molar-refractivity contribution < 1.29 is 9.90 Å². The highest BCUT2D eigenvalue weighted by Crippen LogP contribution is 2.26. The molecule has 0 aliphatic carbocycles. The summed E-state index contributed by atoms with van der Waals surface area (Å²) in [6.45, 7) is 7.04. The van der Waals surface area contributed by atoms with Gasteiger partial charge in [-0.15, -0.1) is 0 Å². The summed E-state index contributed by atoms with van der Waals surface area (Å²) in [5.41, 5.74) is -0.0487. The van der Waals surface area contributed by atoms with Crippen molar-refractivity contribution in [3.63, 3.8) is 0 Å². The highest BCUT2D eigenvalue weighted by Gasteiger charge is 2.20. The van der Waals surface area contributed by atoms with Crippen molar-refractivity contribution in [3.05, 3.63) is 49.9 Å². The molecule has 2 aromatic heterocycles. The van der Waals surface area contributed by atoms with Crippen LogP contribution in [0.1, 0.15) is 45.9 Å². The molecule has 2 heterocycles. The minimum absolute atomic E-state index is 0.0739. The normalized spacial score (nSPS) is 11.4. The van der Waals surface area contributed by atoms with Gasteiger partial charge in [0.05, 0.1) is 5.69 Å². The molecular formula is C22H28ClN5O4. The van der Waals surface area contributed by atoms with Gasteiger partial charge >= 0.3 is 5.69 Å². The molecule has 32 heavy (non-hydrogen) atoms. The number of phenolic OH excluding ortho intramolecular Hbond substituents is 1. The molecule has 3 rings (SSSR count). The number of hydrogen-bond acceptors (Lipinski definition) is 5. The van der Waals surface area contributed by atoms with E-state index in [2.05, 4.69) is 15.3 Å². The second-order valence-electron chi connectivity index (χ2n) is 8.18. The Kier molecular flexibility index (Phi) is 7.40. The number of aromatic hydroxyl groups is 1. The molecule has 172 valence electrons. The van der Waals surface area contributed by atoms with Crippen LogP contribution >= 0.6 is 11.6 Å². The Bertz CT molecular complexity index is 1240. The minimum Gasteiger partial charge on any atom is -0.506 e. The number of phenols is 1. The van der Waals surface area contributed by atoms with Crippen LogP contribution in [0.15, 0.2) is 27.8 Å². The lowest BCUT2D eigenvalue weighted by Crippen LogP contribution is -2.31. The van der Waals surface area contributed by atoms with Gasteiger partial charge < -0.3 is 15.0 Å². The molecule has 9 nitrogen and oxygen atoms in total. The van der Waals surface area contributed by atoms with Gasteiger partial charge in [0.2, 0.25) is 5.91 Å². The molecular weight excluding hydrogens is 434 g/mol. The van der Waals surface area contributed by atoms with Crippen LogP contribution in [0.4, 0.5) is 5.69 Å². The Balaban J connectivity index is 1.93. The van der Waals surface area contributed by atoms with Crippen molar-refractivity contribution in [1.29, 1.82) is 0 Å². The Morgan fingerprint density at radius 1 is 1.28 bits per heavy atom. The maximum atomic E-state index is 12.6. The first-order chi connectivity index (χ1) is 15.2. The molecule has 0 spiro atoms. The molecule has 1 aromatic carbocycles. The molecule has 0 unspecified atom stereocenters. The molecule has 1 amide bonds. The van der Waals surface area contributed by atoms with E-state index in [1.54, 1.807) is 4.57 Å². The van der Waals surface area contributed by atoms with E-state index in [1.165, 1.54) is 22.8 Å². The van der Waals surface area contributed by atoms with E-state index < -0.39 is 11.2 Å². The lowest BCUT2D eigenvalue weighted by atomic mass is 10.2. The maximum Gasteiger partial charge on any atom is 0.330 e. The fraction of sp³-hybridized carbons (Fsp3) is 0.455. The fourth-order valence-electron chi connectivity index (χ4n) is 3.54. The van der Waals surface area contributed by atoms with Crippen LogP contribution in [0.2, 0.25) is 5.02 Å². The predicted octanol–water partition coefficient (Wildman–Crippen LogP) is 3.27. The minimum atomic E-state index is -0.481. The van der Waals surface area contributed by atoms with Gasteiger partial charge in [0, 0.05) is 31.0 Å². The zero-order valence-corrected chi connectivity index (χ0v) is 19.2. The topological polar surface area (TPSA) is 122 Å². The van der Waals surface area contributed by atoms with Crippen molar-refractivity contribution in [2.75, 3.05) is 5.32 Å². The number of imidazole rings is 1. The summed E-state index contributed by atoms with van der Waals surface area (Å²) in [6, 6.07) is 4.40. The number of halogens is 1. The van der Waals surface area contributed by atoms with Crippen LogP contribution < -0.4 is 16.6 Å². The number of aromatic amines is 1. The molecule has 0 bridgehead atoms. The summed E-state index contributed by atoms with van der Waals surface area (Å²) < 4.78 is 3.29. The first-order valence-corrected chi connectivity index (χ1v) is 11.1. The molecule has 3 N–H and O–H groups in total. The summed E-state index contributed by atoms with van der Waals surface area (Å²) in [5, 5.41) is 12.9. The predicted molar refractivity (Wildman–Crippen MR) is 124 cm³/mol. The SMILES string of the molecule is CCCCn1c(=O)[nH]c(=O)c2c1nc(CCC(=O)Nc1cc(Cl)ccc1O)n2CC(C)C. The number of carbonyl (C=O) groups excluding carboxylic acids is 1. The quantitative estimate of drug-likeness (QED) is 0.422. The largest absolute Gasteiger partial charge is 0.506 e. The van der Waals surface area contributed by atoms with Gasteiger partial charge in [-0.2, -0.15) is 0 Å². The molecule has 0 saturated heterocycles. The highest BCUT2D eigenvalue weighted by molar-refractivity contribution is 6.31. The molecule has 0 atom stereocenters. The van der Waals surface area contributed by atoms with Crippen molar-refractivity contribution in [2.45, 2.75) is 59.5 Å². The van der Waals surface area contributed by atoms with E-state index in [0.29, 0.717) is 35.1 Å². The molecule has 3 aromatic rings. The molecule has 0 aliphatic rings. The highest BCUT2D eigenvalue weighted by atomic mass is 35.5. The van der Waals surface area contributed by atoms with Crippen molar-refractivity contribution >= 4 is 34.4 Å². The van der Waals surface area contributed by atoms with Crippen LogP contribution in [0.3, 0.4) is 0 Å². The van der Waals surface area contributed by atoms with Gasteiger partial charge in [0.25, 0.3) is 5.56 Å². The second-order valence-corrected chi connectivity index (χ2v) is 8.62. The van der Waals surface area contributed by atoms with E-state index in [-0.39, 0.29) is 36.1 Å². The molecule has 10 heteroatoms. The number of unbranched alkanes of at least 4 members (excludes halogenated alkanes) is 1. The first kappa shape index (κ1) is 23.6. The monoisotopic (exact) mass is 461 g/mol. The van der Waals surface area contributed by atoms with Gasteiger partial charge in [-0.1, -0.05) is 38.8 Å². The number of aryl methyl sites for hydroxylation is 2. The number of aromatic nitrogens is 4. The van der Waals surface area contributed by atoms with Crippen LogP contribution in [0.25, 0.3) is 11.2 Å². The molecule has 0 fully saturated rings. The number of anilines is 1. The molecule has 0 aliphatic heterocycles. The van der Waals surface area contributed by atoms with Gasteiger partial charge in [0.15, 0.2) is 11.2 Å². The zero-order chi connectivity index (χ0) is 23.4. The number of hydrogen-bond donors (Lipinski definition) is 3. The molecule has 0 radical (unpaired) electrons. The zero-order valence-electron chi connectivity index (χ0n) is 18.4. The Morgan fingerprint density at radius 2 is 2.03 bits per heavy atom. The standard InChI is InChI=1S/C22H28ClN5O4/c1-4-5-10-27-20-19(21(31)26-22(27)32)28(12-13(2)3)17(25-20)8-9-18(30)24-15-11-14(23)6-7-16(15)29/h6-7,11,13,29H,4-5,8-10,12H2,1-3H3,(H,24,30)(H,26,31,32). The third kappa shape index (κ3) is 5.21. The molecule has 0 saturated carbocycles.